The van der Waals surface area contributed by atoms with Gasteiger partial charge in [0.2, 0.25) is 0 Å². The maximum atomic E-state index is 12.4. The fourth-order valence-corrected chi connectivity index (χ4v) is 6.22. The molecule has 112 valence electrons. The number of carboxylic acid groups (broad SMARTS) is 1. The number of sulfonamides is 1. The molecule has 0 unspecified atom stereocenters. The third-order valence-corrected chi connectivity index (χ3v) is 7.73. The molecule has 0 aromatic carbocycles. The summed E-state index contributed by atoms with van der Waals surface area (Å²) in [6.45, 7) is 0. The summed E-state index contributed by atoms with van der Waals surface area (Å²) in [5.74, 6) is -1.09. The molecule has 1 fully saturated rings. The Morgan fingerprint density at radius 1 is 1.30 bits per heavy atom. The minimum Gasteiger partial charge on any atom is -0.480 e. The maximum absolute atomic E-state index is 12.4. The van der Waals surface area contributed by atoms with E-state index in [1.807, 2.05) is 0 Å². The van der Waals surface area contributed by atoms with E-state index in [0.29, 0.717) is 17.3 Å². The van der Waals surface area contributed by atoms with Gasteiger partial charge in [-0.3, -0.25) is 4.79 Å². The minimum atomic E-state index is -3.83. The number of rotatable bonds is 4. The third-order valence-electron chi connectivity index (χ3n) is 3.52. The molecule has 0 radical (unpaired) electrons. The summed E-state index contributed by atoms with van der Waals surface area (Å²) in [4.78, 5) is 11.6. The SMILES string of the molecule is O=C(O)C1(NS(=O)(=O)c2sccc2Br)CCCCCC1. The number of thiophene rings is 1. The molecule has 2 N–H and O–H groups in total. The molecule has 1 aliphatic carbocycles. The van der Waals surface area contributed by atoms with Crippen LogP contribution in [0.25, 0.3) is 0 Å². The van der Waals surface area contributed by atoms with E-state index in [1.165, 1.54) is 0 Å². The van der Waals surface area contributed by atoms with Gasteiger partial charge in [0.05, 0.1) is 0 Å². The van der Waals surface area contributed by atoms with Crippen molar-refractivity contribution in [2.75, 3.05) is 0 Å². The van der Waals surface area contributed by atoms with Crippen molar-refractivity contribution >= 4 is 43.3 Å². The van der Waals surface area contributed by atoms with Gasteiger partial charge in [-0.05, 0) is 40.2 Å². The lowest BCUT2D eigenvalue weighted by Gasteiger charge is -2.28. The normalized spacial score (nSPS) is 19.4. The van der Waals surface area contributed by atoms with Crippen LogP contribution in [0.1, 0.15) is 38.5 Å². The molecule has 1 aromatic rings. The summed E-state index contributed by atoms with van der Waals surface area (Å²) in [6.07, 6.45) is 4.01. The Labute approximate surface area is 130 Å². The average Bonchev–Trinajstić information content (AvgIpc) is 2.66. The summed E-state index contributed by atoms with van der Waals surface area (Å²) in [5, 5.41) is 11.2. The Balaban J connectivity index is 2.33. The van der Waals surface area contributed by atoms with Gasteiger partial charge < -0.3 is 5.11 Å². The molecule has 0 bridgehead atoms. The predicted molar refractivity (Wildman–Crippen MR) is 80.4 cm³/mol. The van der Waals surface area contributed by atoms with Crippen molar-refractivity contribution < 1.29 is 18.3 Å². The summed E-state index contributed by atoms with van der Waals surface area (Å²) in [6, 6.07) is 1.64. The highest BCUT2D eigenvalue weighted by molar-refractivity contribution is 9.10. The molecule has 0 spiro atoms. The highest BCUT2D eigenvalue weighted by atomic mass is 79.9. The lowest BCUT2D eigenvalue weighted by molar-refractivity contribution is -0.144. The van der Waals surface area contributed by atoms with Crippen molar-refractivity contribution in [3.63, 3.8) is 0 Å². The highest BCUT2D eigenvalue weighted by Gasteiger charge is 2.43. The van der Waals surface area contributed by atoms with Crippen LogP contribution in [-0.2, 0) is 14.8 Å². The molecule has 1 heterocycles. The van der Waals surface area contributed by atoms with Gasteiger partial charge in [0.15, 0.2) is 0 Å². The second-order valence-corrected chi connectivity index (χ2v) is 8.61. The third kappa shape index (κ3) is 3.24. The van der Waals surface area contributed by atoms with Crippen LogP contribution in [0, 0.1) is 0 Å². The average molecular weight is 382 g/mol. The van der Waals surface area contributed by atoms with Crippen LogP contribution in [0.4, 0.5) is 0 Å². The zero-order valence-corrected chi connectivity index (χ0v) is 14.0. The van der Waals surface area contributed by atoms with Crippen molar-refractivity contribution in [2.24, 2.45) is 0 Å². The smallest absolute Gasteiger partial charge is 0.324 e. The molecule has 20 heavy (non-hydrogen) atoms. The summed E-state index contributed by atoms with van der Waals surface area (Å²) >= 11 is 4.25. The van der Waals surface area contributed by atoms with Crippen LogP contribution in [-0.4, -0.2) is 25.0 Å². The molecule has 2 rings (SSSR count). The standard InChI is InChI=1S/C12H16BrNO4S2/c13-9-5-8-19-10(9)20(17,18)14-12(11(15)16)6-3-1-2-4-7-12/h5,8,14H,1-4,6-7H2,(H,15,16). The van der Waals surface area contributed by atoms with E-state index in [4.69, 9.17) is 0 Å². The van der Waals surface area contributed by atoms with Crippen molar-refractivity contribution in [2.45, 2.75) is 48.3 Å². The van der Waals surface area contributed by atoms with Gasteiger partial charge in [0, 0.05) is 4.47 Å². The quantitative estimate of drug-likeness (QED) is 0.785. The minimum absolute atomic E-state index is 0.127. The Kier molecular flexibility index (Phi) is 4.88. The predicted octanol–water partition coefficient (Wildman–Crippen LogP) is 2.97. The van der Waals surface area contributed by atoms with Gasteiger partial charge in [-0.2, -0.15) is 4.72 Å². The Morgan fingerprint density at radius 3 is 2.35 bits per heavy atom. The molecule has 1 aromatic heterocycles. The first-order valence-corrected chi connectivity index (χ1v) is 9.53. The van der Waals surface area contributed by atoms with E-state index in [0.717, 1.165) is 37.0 Å². The van der Waals surface area contributed by atoms with Gasteiger partial charge in [-0.15, -0.1) is 11.3 Å². The highest BCUT2D eigenvalue weighted by Crippen LogP contribution is 2.32. The van der Waals surface area contributed by atoms with Crippen molar-refractivity contribution in [1.82, 2.24) is 4.72 Å². The summed E-state index contributed by atoms with van der Waals surface area (Å²) in [7, 11) is -3.83. The monoisotopic (exact) mass is 381 g/mol. The van der Waals surface area contributed by atoms with Gasteiger partial charge in [0.25, 0.3) is 10.0 Å². The fraction of sp³-hybridized carbons (Fsp3) is 0.583. The first kappa shape index (κ1) is 15.9. The number of aliphatic carboxylic acids is 1. The maximum Gasteiger partial charge on any atom is 0.324 e. The lowest BCUT2D eigenvalue weighted by Crippen LogP contribution is -2.54. The van der Waals surface area contributed by atoms with E-state index < -0.39 is 21.5 Å². The van der Waals surface area contributed by atoms with Crippen molar-refractivity contribution in [1.29, 1.82) is 0 Å². The van der Waals surface area contributed by atoms with Crippen LogP contribution >= 0.6 is 27.3 Å². The number of hydrogen-bond acceptors (Lipinski definition) is 4. The Morgan fingerprint density at radius 2 is 1.90 bits per heavy atom. The number of nitrogens with one attached hydrogen (secondary N) is 1. The topological polar surface area (TPSA) is 83.5 Å². The zero-order valence-electron chi connectivity index (χ0n) is 10.8. The van der Waals surface area contributed by atoms with Crippen molar-refractivity contribution in [3.8, 4) is 0 Å². The van der Waals surface area contributed by atoms with Gasteiger partial charge in [-0.1, -0.05) is 25.7 Å². The number of carbonyl (C=O) groups is 1. The Bertz CT molecular complexity index is 588. The first-order valence-electron chi connectivity index (χ1n) is 6.38. The van der Waals surface area contributed by atoms with Crippen LogP contribution < -0.4 is 4.72 Å². The Hall–Kier alpha value is -0.440. The second-order valence-electron chi connectivity index (χ2n) is 4.96. The van der Waals surface area contributed by atoms with Gasteiger partial charge in [0.1, 0.15) is 9.75 Å². The second kappa shape index (κ2) is 6.13. The van der Waals surface area contributed by atoms with Gasteiger partial charge >= 0.3 is 5.97 Å². The number of hydrogen-bond donors (Lipinski definition) is 2. The van der Waals surface area contributed by atoms with Crippen LogP contribution in [0.5, 0.6) is 0 Å². The molecule has 0 aliphatic heterocycles. The molecule has 8 heteroatoms. The first-order chi connectivity index (χ1) is 9.37. The largest absolute Gasteiger partial charge is 0.480 e. The number of carboxylic acids is 1. The molecule has 0 amide bonds. The molecular weight excluding hydrogens is 366 g/mol. The van der Waals surface area contributed by atoms with E-state index in [-0.39, 0.29) is 4.21 Å². The van der Waals surface area contributed by atoms with E-state index in [9.17, 15) is 18.3 Å². The molecule has 1 saturated carbocycles. The number of halogens is 1. The molecule has 0 saturated heterocycles. The van der Waals surface area contributed by atoms with Crippen LogP contribution in [0.3, 0.4) is 0 Å². The molecule has 1 aliphatic rings. The molecule has 5 nitrogen and oxygen atoms in total. The molecule has 0 atom stereocenters. The lowest BCUT2D eigenvalue weighted by atomic mass is 9.92. The van der Waals surface area contributed by atoms with Gasteiger partial charge in [-0.25, -0.2) is 8.42 Å². The molecular formula is C12H16BrNO4S2. The summed E-state index contributed by atoms with van der Waals surface area (Å²) in [5.41, 5.74) is -1.38. The summed E-state index contributed by atoms with van der Waals surface area (Å²) < 4.78 is 27.9. The fourth-order valence-electron chi connectivity index (χ4n) is 2.47. The van der Waals surface area contributed by atoms with Crippen LogP contribution in [0.2, 0.25) is 0 Å². The van der Waals surface area contributed by atoms with Crippen LogP contribution in [0.15, 0.2) is 20.1 Å². The van der Waals surface area contributed by atoms with E-state index in [1.54, 1.807) is 11.4 Å². The van der Waals surface area contributed by atoms with Crippen molar-refractivity contribution in [3.05, 3.63) is 15.9 Å². The van der Waals surface area contributed by atoms with E-state index in [2.05, 4.69) is 20.7 Å². The zero-order chi connectivity index (χ0) is 14.8. The van der Waals surface area contributed by atoms with E-state index >= 15 is 0 Å².